The molecule has 1 fully saturated rings. The number of rotatable bonds is 4. The van der Waals surface area contributed by atoms with Crippen LogP contribution in [0.1, 0.15) is 30.8 Å². The second kappa shape index (κ2) is 6.56. The summed E-state index contributed by atoms with van der Waals surface area (Å²) in [6.45, 7) is 4.36. The van der Waals surface area contributed by atoms with Crippen LogP contribution in [0.25, 0.3) is 11.3 Å². The first-order valence-electron chi connectivity index (χ1n) is 8.22. The highest BCUT2D eigenvalue weighted by molar-refractivity contribution is 6.33. The van der Waals surface area contributed by atoms with Gasteiger partial charge >= 0.3 is 5.97 Å². The molecule has 1 N–H and O–H groups in total. The van der Waals surface area contributed by atoms with E-state index in [1.165, 1.54) is 0 Å². The van der Waals surface area contributed by atoms with Crippen molar-refractivity contribution in [3.05, 3.63) is 47.2 Å². The summed E-state index contributed by atoms with van der Waals surface area (Å²) in [6, 6.07) is 10.6. The van der Waals surface area contributed by atoms with Crippen molar-refractivity contribution in [2.75, 3.05) is 13.1 Å². The molecule has 1 saturated heterocycles. The van der Waals surface area contributed by atoms with Crippen molar-refractivity contribution >= 4 is 23.5 Å². The lowest BCUT2D eigenvalue weighted by Crippen LogP contribution is -2.40. The quantitative estimate of drug-likeness (QED) is 0.887. The summed E-state index contributed by atoms with van der Waals surface area (Å²) in [7, 11) is 0. The number of furan rings is 1. The largest absolute Gasteiger partial charge is 0.481 e. The minimum Gasteiger partial charge on any atom is -0.481 e. The molecule has 3 rings (SSSR count). The van der Waals surface area contributed by atoms with Gasteiger partial charge in [0.15, 0.2) is 5.76 Å². The molecule has 1 aliphatic heterocycles. The molecule has 1 unspecified atom stereocenters. The Morgan fingerprint density at radius 1 is 1.24 bits per heavy atom. The van der Waals surface area contributed by atoms with Crippen molar-refractivity contribution in [1.29, 1.82) is 0 Å². The van der Waals surface area contributed by atoms with Crippen molar-refractivity contribution < 1.29 is 19.1 Å². The number of carbonyl (C=O) groups is 2. The lowest BCUT2D eigenvalue weighted by atomic mass is 9.76. The van der Waals surface area contributed by atoms with Crippen LogP contribution in [-0.2, 0) is 4.79 Å². The molecule has 0 saturated carbocycles. The third-order valence-electron chi connectivity index (χ3n) is 5.08. The van der Waals surface area contributed by atoms with E-state index in [1.807, 2.05) is 32.0 Å². The van der Waals surface area contributed by atoms with E-state index in [0.717, 1.165) is 0 Å². The van der Waals surface area contributed by atoms with E-state index in [1.54, 1.807) is 23.1 Å². The Labute approximate surface area is 151 Å². The maximum atomic E-state index is 12.7. The van der Waals surface area contributed by atoms with Gasteiger partial charge in [0.2, 0.25) is 0 Å². The molecule has 2 aromatic rings. The fourth-order valence-electron chi connectivity index (χ4n) is 3.31. The second-order valence-electron chi connectivity index (χ2n) is 6.74. The molecule has 0 radical (unpaired) electrons. The van der Waals surface area contributed by atoms with Crippen LogP contribution in [0.5, 0.6) is 0 Å². The van der Waals surface area contributed by atoms with Crippen molar-refractivity contribution in [2.45, 2.75) is 20.3 Å². The first-order valence-corrected chi connectivity index (χ1v) is 8.60. The normalized spacial score (nSPS) is 20.2. The Bertz CT molecular complexity index is 813. The van der Waals surface area contributed by atoms with E-state index < -0.39 is 11.4 Å². The minimum absolute atomic E-state index is 0.0573. The highest BCUT2D eigenvalue weighted by Gasteiger charge is 2.48. The van der Waals surface area contributed by atoms with Crippen LogP contribution in [0.4, 0.5) is 0 Å². The molecular formula is C19H20ClNO4. The monoisotopic (exact) mass is 361 g/mol. The van der Waals surface area contributed by atoms with Crippen LogP contribution < -0.4 is 0 Å². The number of likely N-dealkylation sites (tertiary alicyclic amines) is 1. The summed E-state index contributed by atoms with van der Waals surface area (Å²) >= 11 is 6.16. The Hall–Kier alpha value is -2.27. The van der Waals surface area contributed by atoms with Gasteiger partial charge in [-0.1, -0.05) is 37.6 Å². The second-order valence-corrected chi connectivity index (χ2v) is 7.14. The number of benzene rings is 1. The van der Waals surface area contributed by atoms with Gasteiger partial charge in [-0.15, -0.1) is 0 Å². The summed E-state index contributed by atoms with van der Waals surface area (Å²) < 4.78 is 5.69. The molecule has 6 heteroatoms. The number of hydrogen-bond acceptors (Lipinski definition) is 3. The molecule has 1 aliphatic rings. The van der Waals surface area contributed by atoms with Gasteiger partial charge in [-0.05, 0) is 36.6 Å². The third-order valence-corrected chi connectivity index (χ3v) is 5.40. The standard InChI is InChI=1S/C19H20ClNO4/c1-12(2)19(18(23)24)9-10-21(11-19)17(22)16-8-7-15(25-16)13-5-3-4-6-14(13)20/h3-8,12H,9-11H2,1-2H3,(H,23,24). The zero-order chi connectivity index (χ0) is 18.2. The van der Waals surface area contributed by atoms with Crippen LogP contribution in [-0.4, -0.2) is 35.0 Å². The van der Waals surface area contributed by atoms with Crippen LogP contribution in [0.3, 0.4) is 0 Å². The van der Waals surface area contributed by atoms with Gasteiger partial charge in [0.25, 0.3) is 5.91 Å². The Kier molecular flexibility index (Phi) is 4.60. The third kappa shape index (κ3) is 3.04. The lowest BCUT2D eigenvalue weighted by molar-refractivity contribution is -0.150. The Morgan fingerprint density at radius 2 is 1.96 bits per heavy atom. The van der Waals surface area contributed by atoms with E-state index in [2.05, 4.69) is 0 Å². The Morgan fingerprint density at radius 3 is 2.56 bits per heavy atom. The molecule has 0 bridgehead atoms. The van der Waals surface area contributed by atoms with E-state index in [4.69, 9.17) is 16.0 Å². The van der Waals surface area contributed by atoms with Crippen LogP contribution in [0.2, 0.25) is 5.02 Å². The molecular weight excluding hydrogens is 342 g/mol. The number of halogens is 1. The molecule has 0 aliphatic carbocycles. The maximum absolute atomic E-state index is 12.7. The van der Waals surface area contributed by atoms with Gasteiger partial charge in [0, 0.05) is 18.7 Å². The number of carboxylic acid groups (broad SMARTS) is 1. The SMILES string of the molecule is CC(C)C1(C(=O)O)CCN(C(=O)c2ccc(-c3ccccc3Cl)o2)C1. The molecule has 2 heterocycles. The highest BCUT2D eigenvalue weighted by atomic mass is 35.5. The molecule has 0 spiro atoms. The molecule has 132 valence electrons. The summed E-state index contributed by atoms with van der Waals surface area (Å²) in [4.78, 5) is 26.0. The van der Waals surface area contributed by atoms with Crippen molar-refractivity contribution in [2.24, 2.45) is 11.3 Å². The van der Waals surface area contributed by atoms with Crippen molar-refractivity contribution in [3.8, 4) is 11.3 Å². The first-order chi connectivity index (χ1) is 11.8. The topological polar surface area (TPSA) is 70.8 Å². The van der Waals surface area contributed by atoms with Gasteiger partial charge in [0.1, 0.15) is 5.76 Å². The van der Waals surface area contributed by atoms with Gasteiger partial charge in [0.05, 0.1) is 10.4 Å². The molecule has 1 amide bonds. The van der Waals surface area contributed by atoms with Gasteiger partial charge in [-0.3, -0.25) is 9.59 Å². The van der Waals surface area contributed by atoms with E-state index in [0.29, 0.717) is 29.3 Å². The van der Waals surface area contributed by atoms with Crippen molar-refractivity contribution in [1.82, 2.24) is 4.90 Å². The highest BCUT2D eigenvalue weighted by Crippen LogP contribution is 2.39. The zero-order valence-corrected chi connectivity index (χ0v) is 14.9. The van der Waals surface area contributed by atoms with Crippen LogP contribution in [0.15, 0.2) is 40.8 Å². The predicted octanol–water partition coefficient (Wildman–Crippen LogP) is 4.17. The molecule has 25 heavy (non-hydrogen) atoms. The van der Waals surface area contributed by atoms with E-state index in [9.17, 15) is 14.7 Å². The van der Waals surface area contributed by atoms with Gasteiger partial charge < -0.3 is 14.4 Å². The molecule has 1 atom stereocenters. The fourth-order valence-corrected chi connectivity index (χ4v) is 3.54. The lowest BCUT2D eigenvalue weighted by Gasteiger charge is -2.28. The number of aliphatic carboxylic acids is 1. The van der Waals surface area contributed by atoms with Gasteiger partial charge in [-0.2, -0.15) is 0 Å². The fraction of sp³-hybridized carbons (Fsp3) is 0.368. The number of carbonyl (C=O) groups excluding carboxylic acids is 1. The zero-order valence-electron chi connectivity index (χ0n) is 14.2. The van der Waals surface area contributed by atoms with E-state index >= 15 is 0 Å². The average molecular weight is 362 g/mol. The summed E-state index contributed by atoms with van der Waals surface area (Å²) in [6.07, 6.45) is 0.448. The summed E-state index contributed by atoms with van der Waals surface area (Å²) in [5.41, 5.74) is -0.180. The first kappa shape index (κ1) is 17.5. The number of nitrogens with zero attached hydrogens (tertiary/aromatic N) is 1. The average Bonchev–Trinajstić information content (AvgIpc) is 3.23. The summed E-state index contributed by atoms with van der Waals surface area (Å²) in [5.74, 6) is -0.490. The number of amides is 1. The maximum Gasteiger partial charge on any atom is 0.311 e. The van der Waals surface area contributed by atoms with E-state index in [-0.39, 0.29) is 24.1 Å². The Balaban J connectivity index is 1.82. The molecule has 1 aromatic heterocycles. The smallest absolute Gasteiger partial charge is 0.311 e. The predicted molar refractivity (Wildman–Crippen MR) is 94.6 cm³/mol. The number of carboxylic acids is 1. The number of hydrogen-bond donors (Lipinski definition) is 1. The minimum atomic E-state index is -0.895. The van der Waals surface area contributed by atoms with Gasteiger partial charge in [-0.25, -0.2) is 0 Å². The molecule has 1 aromatic carbocycles. The summed E-state index contributed by atoms with van der Waals surface area (Å²) in [5, 5.41) is 10.2. The van der Waals surface area contributed by atoms with Crippen LogP contribution in [0, 0.1) is 11.3 Å². The van der Waals surface area contributed by atoms with Crippen LogP contribution >= 0.6 is 11.6 Å². The molecule has 5 nitrogen and oxygen atoms in total. The van der Waals surface area contributed by atoms with Crippen molar-refractivity contribution in [3.63, 3.8) is 0 Å².